The van der Waals surface area contributed by atoms with Crippen LogP contribution in [-0.4, -0.2) is 15.9 Å². The Balaban J connectivity index is 1.75. The Morgan fingerprint density at radius 2 is 1.70 bits per heavy atom. The van der Waals surface area contributed by atoms with Gasteiger partial charge in [0.1, 0.15) is 17.3 Å². The van der Waals surface area contributed by atoms with Crippen molar-refractivity contribution in [2.75, 3.05) is 5.32 Å². The molecule has 1 amide bonds. The van der Waals surface area contributed by atoms with Gasteiger partial charge in [0.05, 0.1) is 0 Å². The van der Waals surface area contributed by atoms with Crippen LogP contribution in [0.25, 0.3) is 0 Å². The molecule has 138 valence electrons. The molecule has 0 bridgehead atoms. The van der Waals surface area contributed by atoms with E-state index in [-0.39, 0.29) is 5.91 Å². The van der Waals surface area contributed by atoms with Crippen molar-refractivity contribution in [1.29, 1.82) is 0 Å². The van der Waals surface area contributed by atoms with Gasteiger partial charge < -0.3 is 10.6 Å². The smallest absolute Gasteiger partial charge is 0.270 e. The monoisotopic (exact) mass is 360 g/mol. The van der Waals surface area contributed by atoms with Crippen molar-refractivity contribution in [2.24, 2.45) is 0 Å². The Morgan fingerprint density at radius 1 is 0.926 bits per heavy atom. The maximum Gasteiger partial charge on any atom is 0.270 e. The van der Waals surface area contributed by atoms with Crippen molar-refractivity contribution in [3.63, 3.8) is 0 Å². The highest BCUT2D eigenvalue weighted by Crippen LogP contribution is 2.20. The van der Waals surface area contributed by atoms with Crippen LogP contribution in [0.1, 0.15) is 38.6 Å². The SMILES string of the molecule is Cc1cccc(CNC(=O)c2cc(Nc3ccc(C)cc3C)nc(C)n2)c1. The molecule has 0 saturated heterocycles. The summed E-state index contributed by atoms with van der Waals surface area (Å²) >= 11 is 0. The summed E-state index contributed by atoms with van der Waals surface area (Å²) < 4.78 is 0. The summed E-state index contributed by atoms with van der Waals surface area (Å²) in [5.74, 6) is 0.936. The molecule has 5 heteroatoms. The highest BCUT2D eigenvalue weighted by Gasteiger charge is 2.11. The molecular formula is C22H24N4O. The Labute approximate surface area is 159 Å². The number of carbonyl (C=O) groups is 1. The largest absolute Gasteiger partial charge is 0.347 e. The molecule has 0 fully saturated rings. The van der Waals surface area contributed by atoms with Crippen LogP contribution in [0.3, 0.4) is 0 Å². The lowest BCUT2D eigenvalue weighted by molar-refractivity contribution is 0.0945. The number of rotatable bonds is 5. The number of carbonyl (C=O) groups excluding carboxylic acids is 1. The molecule has 1 heterocycles. The van der Waals surface area contributed by atoms with E-state index in [4.69, 9.17) is 0 Å². The second-order valence-corrected chi connectivity index (χ2v) is 6.80. The fourth-order valence-corrected chi connectivity index (χ4v) is 2.93. The zero-order valence-electron chi connectivity index (χ0n) is 16.1. The van der Waals surface area contributed by atoms with Crippen molar-refractivity contribution >= 4 is 17.4 Å². The summed E-state index contributed by atoms with van der Waals surface area (Å²) in [5, 5.41) is 6.21. The summed E-state index contributed by atoms with van der Waals surface area (Å²) in [4.78, 5) is 21.2. The number of benzene rings is 2. The molecule has 3 rings (SSSR count). The van der Waals surface area contributed by atoms with Gasteiger partial charge in [-0.05, 0) is 44.9 Å². The molecule has 0 unspecified atom stereocenters. The summed E-state index contributed by atoms with van der Waals surface area (Å²) in [7, 11) is 0. The number of anilines is 2. The fourth-order valence-electron chi connectivity index (χ4n) is 2.93. The van der Waals surface area contributed by atoms with Crippen LogP contribution in [-0.2, 0) is 6.54 Å². The minimum atomic E-state index is -0.217. The molecule has 0 atom stereocenters. The van der Waals surface area contributed by atoms with Gasteiger partial charge in [-0.15, -0.1) is 0 Å². The Morgan fingerprint density at radius 3 is 2.44 bits per heavy atom. The number of nitrogens with one attached hydrogen (secondary N) is 2. The summed E-state index contributed by atoms with van der Waals surface area (Å²) in [5.41, 5.74) is 5.86. The van der Waals surface area contributed by atoms with E-state index in [0.29, 0.717) is 23.9 Å². The van der Waals surface area contributed by atoms with Gasteiger partial charge in [0.25, 0.3) is 5.91 Å². The number of hydrogen-bond donors (Lipinski definition) is 2. The molecule has 0 saturated carbocycles. The van der Waals surface area contributed by atoms with E-state index in [1.165, 1.54) is 11.1 Å². The normalized spacial score (nSPS) is 10.5. The third-order valence-electron chi connectivity index (χ3n) is 4.25. The Hall–Kier alpha value is -3.21. The number of hydrogen-bond acceptors (Lipinski definition) is 4. The molecule has 0 aliphatic carbocycles. The van der Waals surface area contributed by atoms with E-state index in [9.17, 15) is 4.79 Å². The van der Waals surface area contributed by atoms with Crippen LogP contribution in [0, 0.1) is 27.7 Å². The average Bonchev–Trinajstić information content (AvgIpc) is 2.62. The van der Waals surface area contributed by atoms with E-state index in [0.717, 1.165) is 16.8 Å². The van der Waals surface area contributed by atoms with Crippen LogP contribution in [0.5, 0.6) is 0 Å². The van der Waals surface area contributed by atoms with Crippen LogP contribution < -0.4 is 10.6 Å². The van der Waals surface area contributed by atoms with E-state index >= 15 is 0 Å². The van der Waals surface area contributed by atoms with Gasteiger partial charge in [0.15, 0.2) is 0 Å². The maximum absolute atomic E-state index is 12.5. The third-order valence-corrected chi connectivity index (χ3v) is 4.25. The van der Waals surface area contributed by atoms with E-state index < -0.39 is 0 Å². The Kier molecular flexibility index (Phi) is 5.50. The van der Waals surface area contributed by atoms with Crippen LogP contribution in [0.15, 0.2) is 48.5 Å². The van der Waals surface area contributed by atoms with Crippen LogP contribution >= 0.6 is 0 Å². The lowest BCUT2D eigenvalue weighted by atomic mass is 10.1. The van der Waals surface area contributed by atoms with Crippen molar-refractivity contribution < 1.29 is 4.79 Å². The van der Waals surface area contributed by atoms with Crippen molar-refractivity contribution in [1.82, 2.24) is 15.3 Å². The van der Waals surface area contributed by atoms with Gasteiger partial charge in [-0.2, -0.15) is 0 Å². The fraction of sp³-hybridized carbons (Fsp3) is 0.227. The zero-order valence-corrected chi connectivity index (χ0v) is 16.1. The second kappa shape index (κ2) is 7.99. The number of aromatic nitrogens is 2. The van der Waals surface area contributed by atoms with Crippen molar-refractivity contribution in [3.8, 4) is 0 Å². The topological polar surface area (TPSA) is 66.9 Å². The van der Waals surface area contributed by atoms with Crippen molar-refractivity contribution in [2.45, 2.75) is 34.2 Å². The quantitative estimate of drug-likeness (QED) is 0.708. The van der Waals surface area contributed by atoms with Crippen LogP contribution in [0.2, 0.25) is 0 Å². The molecule has 5 nitrogen and oxygen atoms in total. The summed E-state index contributed by atoms with van der Waals surface area (Å²) in [6, 6.07) is 15.9. The zero-order chi connectivity index (χ0) is 19.4. The summed E-state index contributed by atoms with van der Waals surface area (Å²) in [6.45, 7) is 8.37. The van der Waals surface area contributed by atoms with E-state index in [1.54, 1.807) is 13.0 Å². The molecule has 27 heavy (non-hydrogen) atoms. The lowest BCUT2D eigenvalue weighted by Crippen LogP contribution is -2.24. The molecule has 3 aromatic rings. The van der Waals surface area contributed by atoms with Gasteiger partial charge in [0, 0.05) is 18.3 Å². The van der Waals surface area contributed by atoms with E-state index in [2.05, 4.69) is 39.7 Å². The molecule has 1 aromatic heterocycles. The average molecular weight is 360 g/mol. The first-order valence-corrected chi connectivity index (χ1v) is 8.94. The minimum Gasteiger partial charge on any atom is -0.347 e. The molecular weight excluding hydrogens is 336 g/mol. The first kappa shape index (κ1) is 18.6. The highest BCUT2D eigenvalue weighted by atomic mass is 16.1. The van der Waals surface area contributed by atoms with Gasteiger partial charge >= 0.3 is 0 Å². The maximum atomic E-state index is 12.5. The summed E-state index contributed by atoms with van der Waals surface area (Å²) in [6.07, 6.45) is 0. The molecule has 0 radical (unpaired) electrons. The number of nitrogens with zero attached hydrogens (tertiary/aromatic N) is 2. The molecule has 2 aromatic carbocycles. The third kappa shape index (κ3) is 4.91. The molecule has 2 N–H and O–H groups in total. The van der Waals surface area contributed by atoms with E-state index in [1.807, 2.05) is 44.2 Å². The second-order valence-electron chi connectivity index (χ2n) is 6.80. The van der Waals surface area contributed by atoms with Crippen molar-refractivity contribution in [3.05, 3.63) is 82.3 Å². The van der Waals surface area contributed by atoms with Gasteiger partial charge in [0.2, 0.25) is 0 Å². The molecule has 0 aliphatic rings. The predicted molar refractivity (Wildman–Crippen MR) is 108 cm³/mol. The number of amides is 1. The predicted octanol–water partition coefficient (Wildman–Crippen LogP) is 4.38. The lowest BCUT2D eigenvalue weighted by Gasteiger charge is -2.12. The van der Waals surface area contributed by atoms with Crippen LogP contribution in [0.4, 0.5) is 11.5 Å². The number of aryl methyl sites for hydroxylation is 4. The first-order chi connectivity index (χ1) is 12.9. The van der Waals surface area contributed by atoms with Gasteiger partial charge in [-0.1, -0.05) is 47.5 Å². The molecule has 0 aliphatic heterocycles. The first-order valence-electron chi connectivity index (χ1n) is 8.94. The highest BCUT2D eigenvalue weighted by molar-refractivity contribution is 5.93. The minimum absolute atomic E-state index is 0.217. The Bertz CT molecular complexity index is 982. The standard InChI is InChI=1S/C22H24N4O/c1-14-6-5-7-18(11-14)13-23-22(27)20-12-21(25-17(4)24-20)26-19-9-8-15(2)10-16(19)3/h5-12H,13H2,1-4H3,(H,23,27)(H,24,25,26). The molecule has 0 spiro atoms. The van der Waals surface area contributed by atoms with Gasteiger partial charge in [-0.3, -0.25) is 4.79 Å². The van der Waals surface area contributed by atoms with Gasteiger partial charge in [-0.25, -0.2) is 9.97 Å².